The third-order valence-corrected chi connectivity index (χ3v) is 4.29. The smallest absolute Gasteiger partial charge is 0.0608 e. The third-order valence-electron chi connectivity index (χ3n) is 4.29. The molecule has 1 heterocycles. The molecule has 0 unspecified atom stereocenters. The first kappa shape index (κ1) is 18.0. The molecule has 2 aromatic rings. The van der Waals surface area contributed by atoms with Crippen LogP contribution in [-0.4, -0.2) is 36.0 Å². The molecule has 3 rings (SSSR count). The highest BCUT2D eigenvalue weighted by Crippen LogP contribution is 2.07. The van der Waals surface area contributed by atoms with Crippen molar-refractivity contribution in [3.05, 3.63) is 83.9 Å². The SMILES string of the molecule is C1#CCN(Cc2ccccc2)CCN(Cc2ccccc2)CC#CC=C1. The Hall–Kier alpha value is -2.78. The zero-order valence-electron chi connectivity index (χ0n) is 15.1. The Bertz CT molecular complexity index is 745. The van der Waals surface area contributed by atoms with Gasteiger partial charge in [0.15, 0.2) is 0 Å². The first-order valence-electron chi connectivity index (χ1n) is 9.04. The van der Waals surface area contributed by atoms with Crippen molar-refractivity contribution in [1.29, 1.82) is 0 Å². The van der Waals surface area contributed by atoms with Crippen LogP contribution in [0.5, 0.6) is 0 Å². The van der Waals surface area contributed by atoms with Crippen LogP contribution in [0.3, 0.4) is 0 Å². The van der Waals surface area contributed by atoms with E-state index in [0.29, 0.717) is 0 Å². The lowest BCUT2D eigenvalue weighted by Crippen LogP contribution is -2.35. The summed E-state index contributed by atoms with van der Waals surface area (Å²) in [6.07, 6.45) is 3.69. The van der Waals surface area contributed by atoms with Crippen molar-refractivity contribution < 1.29 is 0 Å². The zero-order valence-corrected chi connectivity index (χ0v) is 15.1. The van der Waals surface area contributed by atoms with Gasteiger partial charge in [0.05, 0.1) is 13.1 Å². The van der Waals surface area contributed by atoms with E-state index in [9.17, 15) is 0 Å². The monoisotopic (exact) mass is 340 g/mol. The van der Waals surface area contributed by atoms with Crippen LogP contribution in [0, 0.1) is 23.7 Å². The predicted molar refractivity (Wildman–Crippen MR) is 108 cm³/mol. The van der Waals surface area contributed by atoms with Gasteiger partial charge in [-0.2, -0.15) is 0 Å². The van der Waals surface area contributed by atoms with Gasteiger partial charge in [0.25, 0.3) is 0 Å². The normalized spacial score (nSPS) is 15.7. The molecule has 0 amide bonds. The maximum atomic E-state index is 3.24. The summed E-state index contributed by atoms with van der Waals surface area (Å²) in [5.74, 6) is 12.6. The van der Waals surface area contributed by atoms with Crippen LogP contribution in [0.4, 0.5) is 0 Å². The van der Waals surface area contributed by atoms with E-state index < -0.39 is 0 Å². The quantitative estimate of drug-likeness (QED) is 0.785. The Morgan fingerprint density at radius 2 is 1.04 bits per heavy atom. The maximum Gasteiger partial charge on any atom is 0.0608 e. The zero-order chi connectivity index (χ0) is 17.9. The summed E-state index contributed by atoms with van der Waals surface area (Å²) in [4.78, 5) is 4.81. The van der Waals surface area contributed by atoms with Crippen LogP contribution >= 0.6 is 0 Å². The van der Waals surface area contributed by atoms with Crippen molar-refractivity contribution >= 4 is 0 Å². The summed E-state index contributed by atoms with van der Waals surface area (Å²) in [6.45, 7) is 5.33. The van der Waals surface area contributed by atoms with Gasteiger partial charge in [-0.15, -0.1) is 0 Å². The van der Waals surface area contributed by atoms with Gasteiger partial charge in [-0.3, -0.25) is 9.80 Å². The molecule has 2 heteroatoms. The van der Waals surface area contributed by atoms with Crippen molar-refractivity contribution in [3.63, 3.8) is 0 Å². The van der Waals surface area contributed by atoms with E-state index in [1.807, 2.05) is 12.2 Å². The number of nitrogens with zero attached hydrogens (tertiary/aromatic N) is 2. The molecule has 0 atom stereocenters. The molecule has 2 aromatic carbocycles. The molecule has 0 radical (unpaired) electrons. The first-order valence-corrected chi connectivity index (χ1v) is 9.04. The molecule has 130 valence electrons. The molecule has 0 saturated carbocycles. The Kier molecular flexibility index (Phi) is 7.12. The second-order valence-corrected chi connectivity index (χ2v) is 6.37. The van der Waals surface area contributed by atoms with E-state index in [2.05, 4.69) is 94.1 Å². The molecule has 0 saturated heterocycles. The Labute approximate surface area is 157 Å². The summed E-state index contributed by atoms with van der Waals surface area (Å²) >= 11 is 0. The molecule has 26 heavy (non-hydrogen) atoms. The molecule has 1 aliphatic heterocycles. The fourth-order valence-corrected chi connectivity index (χ4v) is 2.91. The van der Waals surface area contributed by atoms with Crippen LogP contribution in [0.15, 0.2) is 72.8 Å². The van der Waals surface area contributed by atoms with Gasteiger partial charge in [0.2, 0.25) is 0 Å². The first-order chi connectivity index (χ1) is 12.9. The molecule has 1 aliphatic rings. The minimum absolute atomic E-state index is 0.770. The lowest BCUT2D eigenvalue weighted by molar-refractivity contribution is 0.221. The minimum Gasteiger partial charge on any atom is -0.287 e. The van der Waals surface area contributed by atoms with Gasteiger partial charge in [-0.1, -0.05) is 84.3 Å². The fourth-order valence-electron chi connectivity index (χ4n) is 2.91. The molecule has 0 N–H and O–H groups in total. The Balaban J connectivity index is 1.69. The molecule has 0 bridgehead atoms. The predicted octanol–water partition coefficient (Wildman–Crippen LogP) is 3.57. The van der Waals surface area contributed by atoms with Gasteiger partial charge >= 0.3 is 0 Å². The molecular weight excluding hydrogens is 316 g/mol. The van der Waals surface area contributed by atoms with Gasteiger partial charge in [-0.05, 0) is 23.3 Å². The lowest BCUT2D eigenvalue weighted by atomic mass is 10.2. The maximum absolute atomic E-state index is 3.24. The van der Waals surface area contributed by atoms with Crippen molar-refractivity contribution in [1.82, 2.24) is 9.80 Å². The average molecular weight is 340 g/mol. The van der Waals surface area contributed by atoms with E-state index in [0.717, 1.165) is 39.3 Å². The van der Waals surface area contributed by atoms with Crippen LogP contribution in [0.2, 0.25) is 0 Å². The Morgan fingerprint density at radius 1 is 0.615 bits per heavy atom. The second kappa shape index (κ2) is 10.3. The number of allylic oxidation sites excluding steroid dienone is 2. The molecule has 0 fully saturated rings. The average Bonchev–Trinajstić information content (AvgIpc) is 2.67. The van der Waals surface area contributed by atoms with Crippen molar-refractivity contribution in [2.24, 2.45) is 0 Å². The van der Waals surface area contributed by atoms with Crippen molar-refractivity contribution in [2.45, 2.75) is 13.1 Å². The summed E-state index contributed by atoms with van der Waals surface area (Å²) in [5, 5.41) is 0. The highest BCUT2D eigenvalue weighted by Gasteiger charge is 2.09. The second-order valence-electron chi connectivity index (χ2n) is 6.37. The van der Waals surface area contributed by atoms with Crippen molar-refractivity contribution in [2.75, 3.05) is 26.2 Å². The largest absolute Gasteiger partial charge is 0.287 e. The molecule has 0 spiro atoms. The Morgan fingerprint density at radius 3 is 1.46 bits per heavy atom. The van der Waals surface area contributed by atoms with Crippen LogP contribution in [0.1, 0.15) is 11.1 Å². The minimum atomic E-state index is 0.770. The molecule has 0 aliphatic carbocycles. The van der Waals surface area contributed by atoms with E-state index in [-0.39, 0.29) is 0 Å². The van der Waals surface area contributed by atoms with Gasteiger partial charge in [-0.25, -0.2) is 0 Å². The van der Waals surface area contributed by atoms with Crippen LogP contribution in [-0.2, 0) is 13.1 Å². The standard InChI is InChI=1S/C24H24N2/c1-2-4-12-18-26(22-24-15-9-6-10-16-24)20-19-25(17-11-3-1)21-23-13-7-5-8-14-23/h1-2,5-10,13-16H,17-22H2. The van der Waals surface area contributed by atoms with Crippen LogP contribution < -0.4 is 0 Å². The highest BCUT2D eigenvalue weighted by molar-refractivity contribution is 5.26. The van der Waals surface area contributed by atoms with Crippen LogP contribution in [0.25, 0.3) is 0 Å². The van der Waals surface area contributed by atoms with E-state index >= 15 is 0 Å². The van der Waals surface area contributed by atoms with E-state index in [1.165, 1.54) is 11.1 Å². The molecule has 2 nitrogen and oxygen atoms in total. The summed E-state index contributed by atoms with van der Waals surface area (Å²) in [5.41, 5.74) is 2.65. The van der Waals surface area contributed by atoms with E-state index in [4.69, 9.17) is 0 Å². The molecular formula is C24H24N2. The van der Waals surface area contributed by atoms with Gasteiger partial charge in [0.1, 0.15) is 0 Å². The van der Waals surface area contributed by atoms with Gasteiger partial charge in [0, 0.05) is 26.2 Å². The number of hydrogen-bond acceptors (Lipinski definition) is 2. The summed E-state index contributed by atoms with van der Waals surface area (Å²) in [6, 6.07) is 21.2. The summed E-state index contributed by atoms with van der Waals surface area (Å²) in [7, 11) is 0. The number of rotatable bonds is 4. The highest BCUT2D eigenvalue weighted by atomic mass is 15.2. The fraction of sp³-hybridized carbons (Fsp3) is 0.250. The lowest BCUT2D eigenvalue weighted by Gasteiger charge is -2.25. The van der Waals surface area contributed by atoms with E-state index in [1.54, 1.807) is 0 Å². The topological polar surface area (TPSA) is 6.48 Å². The molecule has 0 aromatic heterocycles. The summed E-state index contributed by atoms with van der Waals surface area (Å²) < 4.78 is 0. The number of benzene rings is 2. The van der Waals surface area contributed by atoms with Crippen molar-refractivity contribution in [3.8, 4) is 23.7 Å². The van der Waals surface area contributed by atoms with Gasteiger partial charge < -0.3 is 0 Å². The third kappa shape index (κ3) is 6.26. The number of hydrogen-bond donors (Lipinski definition) is 0.